The van der Waals surface area contributed by atoms with Gasteiger partial charge in [0, 0.05) is 22.5 Å². The first kappa shape index (κ1) is 22.3. The number of anilines is 1. The number of nitrogens with one attached hydrogen (secondary N) is 2. The third kappa shape index (κ3) is 5.41. The standard InChI is InChI=1S/C21H25N3O4S2/c1-21(2,3)23-30(27,28)17-11-7-10-16(12-17)22-19(25)18-13-29-14-24(18)20(26)15-8-5-4-6-9-15/h4-12,18,23H,13-14H2,1-3H3,(H,22,25)/t18-/m0/s1. The molecular weight excluding hydrogens is 422 g/mol. The molecule has 1 heterocycles. The van der Waals surface area contributed by atoms with Gasteiger partial charge in [-0.2, -0.15) is 0 Å². The molecular formula is C21H25N3O4S2. The predicted octanol–water partition coefficient (Wildman–Crippen LogP) is 2.92. The zero-order chi connectivity index (χ0) is 21.9. The smallest absolute Gasteiger partial charge is 0.255 e. The zero-order valence-electron chi connectivity index (χ0n) is 17.1. The molecule has 160 valence electrons. The number of sulfonamides is 1. The van der Waals surface area contributed by atoms with Crippen molar-refractivity contribution in [1.82, 2.24) is 9.62 Å². The highest BCUT2D eigenvalue weighted by atomic mass is 32.2. The van der Waals surface area contributed by atoms with Gasteiger partial charge >= 0.3 is 0 Å². The molecule has 2 aromatic rings. The Labute approximate surface area is 181 Å². The molecule has 7 nitrogen and oxygen atoms in total. The molecule has 0 bridgehead atoms. The molecule has 1 atom stereocenters. The van der Waals surface area contributed by atoms with Gasteiger partial charge in [-0.15, -0.1) is 11.8 Å². The van der Waals surface area contributed by atoms with Crippen LogP contribution in [0.15, 0.2) is 59.5 Å². The van der Waals surface area contributed by atoms with Crippen molar-refractivity contribution in [2.45, 2.75) is 37.2 Å². The maximum Gasteiger partial charge on any atom is 0.255 e. The maximum absolute atomic E-state index is 12.9. The molecule has 1 saturated heterocycles. The lowest BCUT2D eigenvalue weighted by Gasteiger charge is -2.23. The Morgan fingerprint density at radius 1 is 1.07 bits per heavy atom. The molecule has 9 heteroatoms. The van der Waals surface area contributed by atoms with Crippen LogP contribution in [0.1, 0.15) is 31.1 Å². The van der Waals surface area contributed by atoms with E-state index in [0.717, 1.165) is 0 Å². The lowest BCUT2D eigenvalue weighted by molar-refractivity contribution is -0.119. The summed E-state index contributed by atoms with van der Waals surface area (Å²) in [6.07, 6.45) is 0. The van der Waals surface area contributed by atoms with Gasteiger partial charge in [-0.05, 0) is 51.1 Å². The van der Waals surface area contributed by atoms with Crippen molar-refractivity contribution in [2.24, 2.45) is 0 Å². The van der Waals surface area contributed by atoms with Crippen molar-refractivity contribution in [2.75, 3.05) is 16.9 Å². The van der Waals surface area contributed by atoms with E-state index in [1.165, 1.54) is 28.8 Å². The number of rotatable bonds is 5. The second-order valence-corrected chi connectivity index (χ2v) is 10.7. The minimum Gasteiger partial charge on any atom is -0.324 e. The molecule has 1 fully saturated rings. The summed E-state index contributed by atoms with van der Waals surface area (Å²) in [6.45, 7) is 5.27. The summed E-state index contributed by atoms with van der Waals surface area (Å²) in [5, 5.41) is 2.76. The Balaban J connectivity index is 1.75. The second kappa shape index (κ2) is 8.79. The Bertz CT molecular complexity index is 1030. The molecule has 30 heavy (non-hydrogen) atoms. The van der Waals surface area contributed by atoms with Crippen LogP contribution in [0.3, 0.4) is 0 Å². The van der Waals surface area contributed by atoms with E-state index in [-0.39, 0.29) is 16.7 Å². The van der Waals surface area contributed by atoms with E-state index in [1.54, 1.807) is 57.2 Å². The van der Waals surface area contributed by atoms with Crippen LogP contribution in [0.25, 0.3) is 0 Å². The fourth-order valence-electron chi connectivity index (χ4n) is 3.04. The summed E-state index contributed by atoms with van der Waals surface area (Å²) in [5.74, 6) is 0.359. The Hall–Kier alpha value is -2.36. The van der Waals surface area contributed by atoms with Crippen molar-refractivity contribution >= 4 is 39.3 Å². The van der Waals surface area contributed by atoms with Gasteiger partial charge in [0.25, 0.3) is 5.91 Å². The van der Waals surface area contributed by atoms with Crippen molar-refractivity contribution in [3.8, 4) is 0 Å². The monoisotopic (exact) mass is 447 g/mol. The first-order chi connectivity index (χ1) is 14.1. The van der Waals surface area contributed by atoms with Crippen molar-refractivity contribution in [1.29, 1.82) is 0 Å². The molecule has 0 unspecified atom stereocenters. The first-order valence-electron chi connectivity index (χ1n) is 9.45. The molecule has 1 aliphatic heterocycles. The van der Waals surface area contributed by atoms with Crippen LogP contribution in [0, 0.1) is 0 Å². The van der Waals surface area contributed by atoms with E-state index in [1.807, 2.05) is 6.07 Å². The number of carbonyl (C=O) groups is 2. The minimum atomic E-state index is -3.73. The summed E-state index contributed by atoms with van der Waals surface area (Å²) in [6, 6.07) is 14.3. The fraction of sp³-hybridized carbons (Fsp3) is 0.333. The number of hydrogen-bond acceptors (Lipinski definition) is 5. The summed E-state index contributed by atoms with van der Waals surface area (Å²) < 4.78 is 27.7. The van der Waals surface area contributed by atoms with E-state index >= 15 is 0 Å². The van der Waals surface area contributed by atoms with Gasteiger partial charge < -0.3 is 10.2 Å². The third-order valence-electron chi connectivity index (χ3n) is 4.32. The number of nitrogens with zero attached hydrogens (tertiary/aromatic N) is 1. The third-order valence-corrected chi connectivity index (χ3v) is 7.09. The topological polar surface area (TPSA) is 95.6 Å². The molecule has 2 amide bonds. The van der Waals surface area contributed by atoms with E-state index < -0.39 is 21.6 Å². The summed E-state index contributed by atoms with van der Waals surface area (Å²) in [4.78, 5) is 27.2. The average molecular weight is 448 g/mol. The highest BCUT2D eigenvalue weighted by Gasteiger charge is 2.35. The largest absolute Gasteiger partial charge is 0.324 e. The Morgan fingerprint density at radius 2 is 1.77 bits per heavy atom. The molecule has 0 radical (unpaired) electrons. The van der Waals surface area contributed by atoms with Crippen molar-refractivity contribution < 1.29 is 18.0 Å². The highest BCUT2D eigenvalue weighted by Crippen LogP contribution is 2.25. The summed E-state index contributed by atoms with van der Waals surface area (Å²) in [7, 11) is -3.73. The first-order valence-corrected chi connectivity index (χ1v) is 12.1. The fourth-order valence-corrected chi connectivity index (χ4v) is 5.65. The number of thioether (sulfide) groups is 1. The predicted molar refractivity (Wildman–Crippen MR) is 119 cm³/mol. The number of benzene rings is 2. The van der Waals surface area contributed by atoms with Crippen LogP contribution in [0.2, 0.25) is 0 Å². The van der Waals surface area contributed by atoms with Gasteiger partial charge in [-0.1, -0.05) is 24.3 Å². The molecule has 0 saturated carbocycles. The van der Waals surface area contributed by atoms with Crippen molar-refractivity contribution in [3.05, 3.63) is 60.2 Å². The van der Waals surface area contributed by atoms with Gasteiger partial charge in [-0.3, -0.25) is 9.59 Å². The minimum absolute atomic E-state index is 0.0632. The summed E-state index contributed by atoms with van der Waals surface area (Å²) >= 11 is 1.50. The Kier molecular flexibility index (Phi) is 6.54. The van der Waals surface area contributed by atoms with Gasteiger partial charge in [-0.25, -0.2) is 13.1 Å². The highest BCUT2D eigenvalue weighted by molar-refractivity contribution is 7.99. The summed E-state index contributed by atoms with van der Waals surface area (Å²) in [5.41, 5.74) is 0.261. The SMILES string of the molecule is CC(C)(C)NS(=O)(=O)c1cccc(NC(=O)[C@@H]2CSCN2C(=O)c2ccccc2)c1. The molecule has 0 spiro atoms. The normalized spacial score (nSPS) is 17.0. The van der Waals surface area contributed by atoms with E-state index in [2.05, 4.69) is 10.0 Å². The number of carbonyl (C=O) groups excluding carboxylic acids is 2. The van der Waals surface area contributed by atoms with Crippen LogP contribution < -0.4 is 10.0 Å². The second-order valence-electron chi connectivity index (χ2n) is 8.03. The molecule has 1 aliphatic rings. The van der Waals surface area contributed by atoms with Crippen LogP contribution >= 0.6 is 11.8 Å². The molecule has 2 N–H and O–H groups in total. The van der Waals surface area contributed by atoms with Gasteiger partial charge in [0.15, 0.2) is 0 Å². The van der Waals surface area contributed by atoms with Gasteiger partial charge in [0.2, 0.25) is 15.9 Å². The lowest BCUT2D eigenvalue weighted by atomic mass is 10.1. The zero-order valence-corrected chi connectivity index (χ0v) is 18.7. The van der Waals surface area contributed by atoms with Crippen LogP contribution in [0.4, 0.5) is 5.69 Å². The average Bonchev–Trinajstić information content (AvgIpc) is 3.16. The van der Waals surface area contributed by atoms with Gasteiger partial charge in [0.1, 0.15) is 6.04 Å². The van der Waals surface area contributed by atoms with Crippen LogP contribution in [0.5, 0.6) is 0 Å². The molecule has 0 aromatic heterocycles. The molecule has 0 aliphatic carbocycles. The molecule has 2 aromatic carbocycles. The van der Waals surface area contributed by atoms with Gasteiger partial charge in [0.05, 0.1) is 10.8 Å². The Morgan fingerprint density at radius 3 is 2.43 bits per heavy atom. The quantitative estimate of drug-likeness (QED) is 0.735. The lowest BCUT2D eigenvalue weighted by Crippen LogP contribution is -2.44. The molecule has 3 rings (SSSR count). The van der Waals surface area contributed by atoms with E-state index in [9.17, 15) is 18.0 Å². The van der Waals surface area contributed by atoms with E-state index in [4.69, 9.17) is 0 Å². The number of hydrogen-bond donors (Lipinski definition) is 2. The van der Waals surface area contributed by atoms with Crippen LogP contribution in [-0.2, 0) is 14.8 Å². The van der Waals surface area contributed by atoms with E-state index in [0.29, 0.717) is 22.9 Å². The van der Waals surface area contributed by atoms with Crippen molar-refractivity contribution in [3.63, 3.8) is 0 Å². The number of amides is 2. The maximum atomic E-state index is 12.9. The van der Waals surface area contributed by atoms with Crippen LogP contribution in [-0.4, -0.2) is 48.3 Å².